The van der Waals surface area contributed by atoms with E-state index >= 15 is 0 Å². The van der Waals surface area contributed by atoms with Crippen LogP contribution in [0.1, 0.15) is 36.8 Å². The van der Waals surface area contributed by atoms with Crippen molar-refractivity contribution in [3.05, 3.63) is 35.5 Å². The fraction of sp³-hybridized carbons (Fsp3) is 0.375. The molecule has 5 heteroatoms. The number of rotatable bonds is 3. The number of benzene rings is 1. The molecule has 0 aliphatic rings. The van der Waals surface area contributed by atoms with Crippen LogP contribution in [0.4, 0.5) is 0 Å². The molecule has 112 valence electrons. The Bertz CT molecular complexity index is 681. The summed E-state index contributed by atoms with van der Waals surface area (Å²) in [6.07, 6.45) is 0. The summed E-state index contributed by atoms with van der Waals surface area (Å²) in [5.41, 5.74) is 2.67. The van der Waals surface area contributed by atoms with Crippen LogP contribution in [0.3, 0.4) is 0 Å². The number of aromatic nitrogens is 2. The fourth-order valence-corrected chi connectivity index (χ4v) is 2.17. The Hall–Kier alpha value is -2.30. The standard InChI is InChI=1S/C16H20N2O3/c1-16(2,3)10-6-7-14(21-5)11(8-10)12-9-13(15(19)20)18(4)17-12/h6-9H,1-5H3,(H,19,20). The molecular formula is C16H20N2O3. The zero-order valence-electron chi connectivity index (χ0n) is 13.0. The minimum atomic E-state index is -0.998. The molecule has 1 N–H and O–H groups in total. The Morgan fingerprint density at radius 1 is 1.29 bits per heavy atom. The highest BCUT2D eigenvalue weighted by Crippen LogP contribution is 2.34. The third-order valence-corrected chi connectivity index (χ3v) is 3.44. The first kappa shape index (κ1) is 15.1. The van der Waals surface area contributed by atoms with Crippen LogP contribution in [0.2, 0.25) is 0 Å². The second-order valence-electron chi connectivity index (χ2n) is 6.01. The van der Waals surface area contributed by atoms with E-state index in [9.17, 15) is 4.79 Å². The van der Waals surface area contributed by atoms with Crippen LogP contribution in [0, 0.1) is 0 Å². The van der Waals surface area contributed by atoms with Crippen LogP contribution in [0.15, 0.2) is 24.3 Å². The number of hydrogen-bond donors (Lipinski definition) is 1. The van der Waals surface area contributed by atoms with Gasteiger partial charge in [0.2, 0.25) is 0 Å². The quantitative estimate of drug-likeness (QED) is 0.942. The molecule has 0 saturated heterocycles. The van der Waals surface area contributed by atoms with Gasteiger partial charge in [-0.1, -0.05) is 26.8 Å². The van der Waals surface area contributed by atoms with Crippen LogP contribution in [0.25, 0.3) is 11.3 Å². The summed E-state index contributed by atoms with van der Waals surface area (Å²) in [7, 11) is 3.21. The summed E-state index contributed by atoms with van der Waals surface area (Å²) in [5, 5.41) is 13.4. The van der Waals surface area contributed by atoms with E-state index in [1.54, 1.807) is 20.2 Å². The molecule has 2 aromatic rings. The number of nitrogens with zero attached hydrogens (tertiary/aromatic N) is 2. The summed E-state index contributed by atoms with van der Waals surface area (Å²) in [6.45, 7) is 6.37. The minimum Gasteiger partial charge on any atom is -0.496 e. The highest BCUT2D eigenvalue weighted by atomic mass is 16.5. The molecule has 1 aromatic carbocycles. The van der Waals surface area contributed by atoms with Gasteiger partial charge >= 0.3 is 5.97 Å². The highest BCUT2D eigenvalue weighted by Gasteiger charge is 2.19. The summed E-state index contributed by atoms with van der Waals surface area (Å²) in [5.74, 6) is -0.319. The average Bonchev–Trinajstić information content (AvgIpc) is 2.79. The zero-order chi connectivity index (χ0) is 15.8. The Labute approximate surface area is 124 Å². The summed E-state index contributed by atoms with van der Waals surface area (Å²) in [4.78, 5) is 11.2. The SMILES string of the molecule is COc1ccc(C(C)(C)C)cc1-c1cc(C(=O)O)n(C)n1. The zero-order valence-corrected chi connectivity index (χ0v) is 13.0. The molecule has 0 amide bonds. The molecule has 2 rings (SSSR count). The van der Waals surface area contributed by atoms with Crippen molar-refractivity contribution in [1.29, 1.82) is 0 Å². The van der Waals surface area contributed by atoms with Crippen LogP contribution in [-0.2, 0) is 12.5 Å². The fourth-order valence-electron chi connectivity index (χ4n) is 2.17. The number of aromatic carboxylic acids is 1. The number of carboxylic acid groups (broad SMARTS) is 1. The van der Waals surface area contributed by atoms with Gasteiger partial charge in [-0.15, -0.1) is 0 Å². The molecule has 0 unspecified atom stereocenters. The highest BCUT2D eigenvalue weighted by molar-refractivity contribution is 5.87. The minimum absolute atomic E-state index is 0.00850. The molecule has 0 radical (unpaired) electrons. The Balaban J connectivity index is 2.61. The average molecular weight is 288 g/mol. The Kier molecular flexibility index (Phi) is 3.77. The topological polar surface area (TPSA) is 64.3 Å². The third kappa shape index (κ3) is 2.91. The maximum atomic E-state index is 11.2. The first-order chi connectivity index (χ1) is 9.74. The molecular weight excluding hydrogens is 268 g/mol. The van der Waals surface area contributed by atoms with Gasteiger partial charge in [0, 0.05) is 12.6 Å². The van der Waals surface area contributed by atoms with E-state index in [0.29, 0.717) is 11.4 Å². The molecule has 1 aromatic heterocycles. The smallest absolute Gasteiger partial charge is 0.354 e. The van der Waals surface area contributed by atoms with Crippen LogP contribution in [-0.4, -0.2) is 28.0 Å². The number of ether oxygens (including phenoxy) is 1. The van der Waals surface area contributed by atoms with Gasteiger partial charge in [-0.05, 0) is 29.2 Å². The van der Waals surface area contributed by atoms with Crippen molar-refractivity contribution in [1.82, 2.24) is 9.78 Å². The van der Waals surface area contributed by atoms with E-state index in [-0.39, 0.29) is 11.1 Å². The lowest BCUT2D eigenvalue weighted by Crippen LogP contribution is -2.11. The molecule has 1 heterocycles. The normalized spacial score (nSPS) is 11.5. The van der Waals surface area contributed by atoms with Gasteiger partial charge in [0.25, 0.3) is 0 Å². The maximum absolute atomic E-state index is 11.2. The van der Waals surface area contributed by atoms with Crippen molar-refractivity contribution in [3.8, 4) is 17.0 Å². The first-order valence-electron chi connectivity index (χ1n) is 6.70. The maximum Gasteiger partial charge on any atom is 0.354 e. The molecule has 0 fully saturated rings. The van der Waals surface area contributed by atoms with Crippen molar-refractivity contribution in [2.45, 2.75) is 26.2 Å². The molecule has 0 aliphatic heterocycles. The van der Waals surface area contributed by atoms with Crippen molar-refractivity contribution < 1.29 is 14.6 Å². The predicted molar refractivity (Wildman–Crippen MR) is 80.9 cm³/mol. The molecule has 0 aliphatic carbocycles. The first-order valence-corrected chi connectivity index (χ1v) is 6.70. The number of methoxy groups -OCH3 is 1. The van der Waals surface area contributed by atoms with E-state index in [2.05, 4.69) is 25.9 Å². The van der Waals surface area contributed by atoms with Crippen molar-refractivity contribution >= 4 is 5.97 Å². The third-order valence-electron chi connectivity index (χ3n) is 3.44. The van der Waals surface area contributed by atoms with Gasteiger partial charge in [-0.2, -0.15) is 5.10 Å². The van der Waals surface area contributed by atoms with Gasteiger partial charge in [0.05, 0.1) is 12.8 Å². The molecule has 0 saturated carbocycles. The van der Waals surface area contributed by atoms with Gasteiger partial charge in [0.15, 0.2) is 0 Å². The van der Waals surface area contributed by atoms with E-state index in [1.165, 1.54) is 4.68 Å². The molecule has 0 atom stereocenters. The number of hydrogen-bond acceptors (Lipinski definition) is 3. The number of aryl methyl sites for hydroxylation is 1. The predicted octanol–water partition coefficient (Wildman–Crippen LogP) is 3.09. The van der Waals surface area contributed by atoms with Gasteiger partial charge in [-0.3, -0.25) is 4.68 Å². The van der Waals surface area contributed by atoms with Crippen LogP contribution in [0.5, 0.6) is 5.75 Å². The van der Waals surface area contributed by atoms with Crippen LogP contribution >= 0.6 is 0 Å². The Morgan fingerprint density at radius 2 is 1.95 bits per heavy atom. The van der Waals surface area contributed by atoms with Gasteiger partial charge < -0.3 is 9.84 Å². The molecule has 21 heavy (non-hydrogen) atoms. The van der Waals surface area contributed by atoms with E-state index in [4.69, 9.17) is 9.84 Å². The summed E-state index contributed by atoms with van der Waals surface area (Å²) >= 11 is 0. The molecule has 5 nitrogen and oxygen atoms in total. The second-order valence-corrected chi connectivity index (χ2v) is 6.01. The van der Waals surface area contributed by atoms with Crippen molar-refractivity contribution in [2.75, 3.05) is 7.11 Å². The lowest BCUT2D eigenvalue weighted by molar-refractivity contribution is 0.0685. The summed E-state index contributed by atoms with van der Waals surface area (Å²) < 4.78 is 6.74. The lowest BCUT2D eigenvalue weighted by atomic mass is 9.85. The van der Waals surface area contributed by atoms with Crippen LogP contribution < -0.4 is 4.74 Å². The number of carboxylic acids is 1. The molecule has 0 spiro atoms. The summed E-state index contributed by atoms with van der Waals surface area (Å²) in [6, 6.07) is 7.48. The monoisotopic (exact) mass is 288 g/mol. The lowest BCUT2D eigenvalue weighted by Gasteiger charge is -2.20. The van der Waals surface area contributed by atoms with E-state index in [1.807, 2.05) is 18.2 Å². The van der Waals surface area contributed by atoms with E-state index in [0.717, 1.165) is 11.1 Å². The molecule has 0 bridgehead atoms. The largest absolute Gasteiger partial charge is 0.496 e. The second kappa shape index (κ2) is 5.24. The Morgan fingerprint density at radius 3 is 2.43 bits per heavy atom. The van der Waals surface area contributed by atoms with Crippen molar-refractivity contribution in [2.24, 2.45) is 7.05 Å². The van der Waals surface area contributed by atoms with Crippen molar-refractivity contribution in [3.63, 3.8) is 0 Å². The van der Waals surface area contributed by atoms with Gasteiger partial charge in [-0.25, -0.2) is 4.79 Å². The van der Waals surface area contributed by atoms with Gasteiger partial charge in [0.1, 0.15) is 11.4 Å². The number of carbonyl (C=O) groups is 1. The van der Waals surface area contributed by atoms with E-state index < -0.39 is 5.97 Å².